The molecule has 0 saturated carbocycles. The van der Waals surface area contributed by atoms with E-state index in [2.05, 4.69) is 19.9 Å². The maximum atomic E-state index is 11.2. The lowest BCUT2D eigenvalue weighted by molar-refractivity contribution is -0.385. The van der Waals surface area contributed by atoms with Crippen molar-refractivity contribution in [3.05, 3.63) is 93.8 Å². The van der Waals surface area contributed by atoms with Gasteiger partial charge in [0.05, 0.1) is 9.85 Å². The lowest BCUT2D eigenvalue weighted by Gasteiger charge is -2.10. The minimum absolute atomic E-state index is 0.128. The normalized spacial score (nSPS) is 10.6. The number of hydrogen-bond acceptors (Lipinski definition) is 10. The molecular weight excluding hydrogens is 452 g/mol. The second kappa shape index (κ2) is 9.49. The molecule has 0 aromatic carbocycles. The van der Waals surface area contributed by atoms with Crippen LogP contribution in [0.5, 0.6) is 0 Å². The maximum Gasteiger partial charge on any atom is 0.288 e. The molecule has 4 aromatic heterocycles. The Bertz CT molecular complexity index is 1190. The van der Waals surface area contributed by atoms with Gasteiger partial charge in [0.25, 0.3) is 11.4 Å². The Kier molecular flexibility index (Phi) is 6.33. The van der Waals surface area contributed by atoms with Gasteiger partial charge in [0.1, 0.15) is 22.4 Å². The van der Waals surface area contributed by atoms with Crippen LogP contribution in [-0.4, -0.2) is 29.8 Å². The van der Waals surface area contributed by atoms with E-state index in [-0.39, 0.29) is 11.4 Å². The molecule has 10 nitrogen and oxygen atoms in total. The second-order valence-electron chi connectivity index (χ2n) is 6.25. The minimum Gasteiger partial charge on any atom is -0.265 e. The van der Waals surface area contributed by atoms with Gasteiger partial charge in [-0.05, 0) is 57.0 Å². The summed E-state index contributed by atoms with van der Waals surface area (Å²) in [6, 6.07) is 9.87. The molecular formula is C20H12N6O4S2. The van der Waals surface area contributed by atoms with Crippen LogP contribution in [0.25, 0.3) is 22.3 Å². The zero-order chi connectivity index (χ0) is 22.5. The summed E-state index contributed by atoms with van der Waals surface area (Å²) in [7, 11) is 2.51. The van der Waals surface area contributed by atoms with Crippen LogP contribution >= 0.6 is 21.6 Å². The fourth-order valence-electron chi connectivity index (χ4n) is 2.77. The first-order valence-corrected chi connectivity index (χ1v) is 11.1. The molecule has 0 unspecified atom stereocenters. The number of pyridine rings is 4. The van der Waals surface area contributed by atoms with Crippen LogP contribution in [-0.2, 0) is 0 Å². The molecule has 0 aliphatic heterocycles. The molecule has 0 bridgehead atoms. The Hall–Kier alpha value is -3.90. The summed E-state index contributed by atoms with van der Waals surface area (Å²) in [5.41, 5.74) is 2.35. The van der Waals surface area contributed by atoms with Crippen LogP contribution in [0.15, 0.2) is 83.6 Å². The van der Waals surface area contributed by atoms with E-state index in [0.717, 1.165) is 11.1 Å². The van der Waals surface area contributed by atoms with Crippen LogP contribution in [0, 0.1) is 20.2 Å². The fraction of sp³-hybridized carbons (Fsp3) is 0. The first-order chi connectivity index (χ1) is 15.5. The molecule has 158 valence electrons. The Labute approximate surface area is 188 Å². The van der Waals surface area contributed by atoms with Crippen molar-refractivity contribution in [3.63, 3.8) is 0 Å². The second-order valence-corrected chi connectivity index (χ2v) is 8.35. The van der Waals surface area contributed by atoms with E-state index >= 15 is 0 Å². The highest BCUT2D eigenvalue weighted by molar-refractivity contribution is 8.76. The van der Waals surface area contributed by atoms with Gasteiger partial charge in [-0.1, -0.05) is 0 Å². The molecule has 0 spiro atoms. The van der Waals surface area contributed by atoms with Crippen molar-refractivity contribution in [2.24, 2.45) is 0 Å². The van der Waals surface area contributed by atoms with E-state index in [1.54, 1.807) is 49.1 Å². The van der Waals surface area contributed by atoms with Gasteiger partial charge < -0.3 is 0 Å². The predicted octanol–water partition coefficient (Wildman–Crippen LogP) is 5.22. The zero-order valence-electron chi connectivity index (χ0n) is 16.1. The van der Waals surface area contributed by atoms with Gasteiger partial charge in [-0.3, -0.25) is 30.2 Å². The largest absolute Gasteiger partial charge is 0.288 e. The van der Waals surface area contributed by atoms with E-state index in [1.807, 2.05) is 0 Å². The van der Waals surface area contributed by atoms with Gasteiger partial charge in [0.15, 0.2) is 0 Å². The molecule has 0 fully saturated rings. The average Bonchev–Trinajstić information content (AvgIpc) is 2.83. The van der Waals surface area contributed by atoms with Crippen molar-refractivity contribution < 1.29 is 9.85 Å². The third kappa shape index (κ3) is 4.71. The molecule has 0 amide bonds. The summed E-state index contributed by atoms with van der Waals surface area (Å²) in [5.74, 6) is 0. The Morgan fingerprint density at radius 1 is 0.656 bits per heavy atom. The molecule has 0 aliphatic rings. The molecule has 0 saturated heterocycles. The number of nitro groups is 2. The van der Waals surface area contributed by atoms with Crippen LogP contribution in [0.3, 0.4) is 0 Å². The first kappa shape index (κ1) is 21.3. The number of rotatable bonds is 7. The van der Waals surface area contributed by atoms with Crippen molar-refractivity contribution in [1.82, 2.24) is 19.9 Å². The van der Waals surface area contributed by atoms with Crippen LogP contribution < -0.4 is 0 Å². The Morgan fingerprint density at radius 3 is 1.38 bits per heavy atom. The zero-order valence-corrected chi connectivity index (χ0v) is 17.7. The highest BCUT2D eigenvalue weighted by Gasteiger charge is 2.18. The Morgan fingerprint density at radius 2 is 1.03 bits per heavy atom. The third-order valence-electron chi connectivity index (χ3n) is 4.28. The molecule has 12 heteroatoms. The van der Waals surface area contributed by atoms with Crippen molar-refractivity contribution in [2.45, 2.75) is 10.1 Å². The summed E-state index contributed by atoms with van der Waals surface area (Å²) >= 11 is 0. The van der Waals surface area contributed by atoms with E-state index in [0.29, 0.717) is 21.2 Å². The first-order valence-electron chi connectivity index (χ1n) is 8.97. The van der Waals surface area contributed by atoms with Gasteiger partial charge in [-0.25, -0.2) is 9.97 Å². The van der Waals surface area contributed by atoms with Crippen molar-refractivity contribution in [3.8, 4) is 22.3 Å². The fourth-order valence-corrected chi connectivity index (χ4v) is 4.92. The lowest BCUT2D eigenvalue weighted by atomic mass is 10.1. The molecule has 4 aromatic rings. The molecule has 4 rings (SSSR count). The molecule has 0 N–H and O–H groups in total. The van der Waals surface area contributed by atoms with Gasteiger partial charge in [-0.2, -0.15) is 0 Å². The van der Waals surface area contributed by atoms with Crippen molar-refractivity contribution in [1.29, 1.82) is 0 Å². The summed E-state index contributed by atoms with van der Waals surface area (Å²) in [6.07, 6.45) is 8.76. The summed E-state index contributed by atoms with van der Waals surface area (Å²) in [4.78, 5) is 38.0. The van der Waals surface area contributed by atoms with Gasteiger partial charge in [0.2, 0.25) is 0 Å². The van der Waals surface area contributed by atoms with Crippen molar-refractivity contribution in [2.75, 3.05) is 0 Å². The molecule has 0 atom stereocenters. The van der Waals surface area contributed by atoms with Crippen LogP contribution in [0.1, 0.15) is 0 Å². The van der Waals surface area contributed by atoms with E-state index in [9.17, 15) is 20.2 Å². The van der Waals surface area contributed by atoms with E-state index < -0.39 is 9.85 Å². The van der Waals surface area contributed by atoms with Gasteiger partial charge in [-0.15, -0.1) is 0 Å². The highest BCUT2D eigenvalue weighted by Crippen LogP contribution is 2.44. The highest BCUT2D eigenvalue weighted by atomic mass is 33.1. The summed E-state index contributed by atoms with van der Waals surface area (Å²) < 4.78 is 0. The number of hydrogen-bond donors (Lipinski definition) is 0. The molecule has 32 heavy (non-hydrogen) atoms. The molecule has 0 aliphatic carbocycles. The summed E-state index contributed by atoms with van der Waals surface area (Å²) in [5, 5.41) is 23.5. The van der Waals surface area contributed by atoms with Crippen LogP contribution in [0.4, 0.5) is 11.4 Å². The molecule has 0 radical (unpaired) electrons. The van der Waals surface area contributed by atoms with E-state index in [1.165, 1.54) is 46.1 Å². The standard InChI is InChI=1S/C20H12N6O4S2/c27-25(28)15-9-17(13-1-5-21-6-2-13)19(23-11-15)31-32-20-18(14-3-7-22-8-4-14)10-16(12-24-20)26(29)30/h1-12H. The topological polar surface area (TPSA) is 138 Å². The van der Waals surface area contributed by atoms with Gasteiger partial charge >= 0.3 is 0 Å². The van der Waals surface area contributed by atoms with Crippen molar-refractivity contribution >= 4 is 33.0 Å². The lowest BCUT2D eigenvalue weighted by Crippen LogP contribution is -1.94. The molecule has 4 heterocycles. The minimum atomic E-state index is -0.501. The van der Waals surface area contributed by atoms with E-state index in [4.69, 9.17) is 0 Å². The maximum absolute atomic E-state index is 11.2. The number of aromatic nitrogens is 4. The smallest absolute Gasteiger partial charge is 0.265 e. The predicted molar refractivity (Wildman–Crippen MR) is 120 cm³/mol. The summed E-state index contributed by atoms with van der Waals surface area (Å²) in [6.45, 7) is 0. The SMILES string of the molecule is O=[N+]([O-])c1cnc(SSc2ncc([N+](=O)[O-])cc2-c2ccncc2)c(-c2ccncc2)c1. The number of nitrogens with zero attached hydrogens (tertiary/aromatic N) is 6. The van der Waals surface area contributed by atoms with Gasteiger partial charge in [0, 0.05) is 48.0 Å². The van der Waals surface area contributed by atoms with Crippen LogP contribution in [0.2, 0.25) is 0 Å². The Balaban J connectivity index is 1.71. The monoisotopic (exact) mass is 464 g/mol. The average molecular weight is 464 g/mol. The quantitative estimate of drug-likeness (QED) is 0.203. The third-order valence-corrected chi connectivity index (χ3v) is 6.52.